The number of aromatic hydroxyl groups is 1. The van der Waals surface area contributed by atoms with Crippen molar-refractivity contribution in [1.82, 2.24) is 0 Å². The molecule has 2 atom stereocenters. The fraction of sp³-hybridized carbons (Fsp3) is 0.600. The maximum Gasteiger partial charge on any atom is 0.115 e. The fourth-order valence-corrected chi connectivity index (χ4v) is 4.22. The molecule has 0 saturated heterocycles. The van der Waals surface area contributed by atoms with E-state index >= 15 is 0 Å². The molecule has 1 aromatic rings. The van der Waals surface area contributed by atoms with E-state index in [9.17, 15) is 5.11 Å². The highest BCUT2D eigenvalue weighted by molar-refractivity contribution is 7.99. The number of phenolic OH excluding ortho intramolecular Hbond substituents is 1. The van der Waals surface area contributed by atoms with Gasteiger partial charge in [0.25, 0.3) is 0 Å². The summed E-state index contributed by atoms with van der Waals surface area (Å²) in [5.74, 6) is 1.58. The van der Waals surface area contributed by atoms with Crippen molar-refractivity contribution in [2.45, 2.75) is 50.3 Å². The van der Waals surface area contributed by atoms with Crippen LogP contribution >= 0.6 is 11.8 Å². The van der Waals surface area contributed by atoms with Crippen LogP contribution in [0.25, 0.3) is 0 Å². The standard InChI is InChI=1S/C15H23NOS/c1-4-7-18-13-8-10-5-6-11(17)9-12(10)15(2,3)14(13)16/h5-6,9,13-14,17H,4,7-8,16H2,1-3H3/p+1. The lowest BCUT2D eigenvalue weighted by Crippen LogP contribution is -2.74. The van der Waals surface area contributed by atoms with Crippen molar-refractivity contribution in [2.75, 3.05) is 5.75 Å². The van der Waals surface area contributed by atoms with E-state index in [1.807, 2.05) is 6.07 Å². The molecule has 0 bridgehead atoms. The molecular weight excluding hydrogens is 242 g/mol. The fourth-order valence-electron chi connectivity index (χ4n) is 2.81. The highest BCUT2D eigenvalue weighted by Crippen LogP contribution is 2.40. The molecular formula is C15H24NOS+. The Morgan fingerprint density at radius 3 is 2.83 bits per heavy atom. The average molecular weight is 266 g/mol. The van der Waals surface area contributed by atoms with Crippen molar-refractivity contribution in [3.63, 3.8) is 0 Å². The van der Waals surface area contributed by atoms with E-state index in [4.69, 9.17) is 0 Å². The van der Waals surface area contributed by atoms with Crippen molar-refractivity contribution in [3.05, 3.63) is 29.3 Å². The molecule has 3 heteroatoms. The SMILES string of the molecule is CCCSC1Cc2ccc(O)cc2C(C)(C)C1[NH3+]. The van der Waals surface area contributed by atoms with Gasteiger partial charge in [0.15, 0.2) is 0 Å². The largest absolute Gasteiger partial charge is 0.508 e. The summed E-state index contributed by atoms with van der Waals surface area (Å²) in [4.78, 5) is 0. The summed E-state index contributed by atoms with van der Waals surface area (Å²) >= 11 is 2.05. The molecule has 2 rings (SSSR count). The number of rotatable bonds is 3. The van der Waals surface area contributed by atoms with Crippen LogP contribution in [0.5, 0.6) is 5.75 Å². The molecule has 0 aliphatic heterocycles. The van der Waals surface area contributed by atoms with Gasteiger partial charge in [-0.3, -0.25) is 0 Å². The summed E-state index contributed by atoms with van der Waals surface area (Å²) in [5.41, 5.74) is 7.10. The first kappa shape index (κ1) is 13.8. The minimum Gasteiger partial charge on any atom is -0.508 e. The van der Waals surface area contributed by atoms with E-state index in [1.165, 1.54) is 23.3 Å². The lowest BCUT2D eigenvalue weighted by Gasteiger charge is -2.40. The minimum atomic E-state index is 0.0394. The third kappa shape index (κ3) is 2.39. The average Bonchev–Trinajstić information content (AvgIpc) is 2.33. The molecule has 1 aliphatic rings. The number of thioether (sulfide) groups is 1. The van der Waals surface area contributed by atoms with Crippen LogP contribution in [0.2, 0.25) is 0 Å². The Kier molecular flexibility index (Phi) is 3.93. The molecule has 2 unspecified atom stereocenters. The van der Waals surface area contributed by atoms with E-state index in [-0.39, 0.29) is 5.41 Å². The molecule has 0 fully saturated rings. The van der Waals surface area contributed by atoms with Gasteiger partial charge in [-0.2, -0.15) is 11.8 Å². The Morgan fingerprint density at radius 2 is 2.17 bits per heavy atom. The second-order valence-electron chi connectivity index (χ2n) is 5.78. The van der Waals surface area contributed by atoms with Crippen LogP contribution < -0.4 is 5.73 Å². The van der Waals surface area contributed by atoms with Gasteiger partial charge in [0.2, 0.25) is 0 Å². The quantitative estimate of drug-likeness (QED) is 0.882. The molecule has 0 spiro atoms. The van der Waals surface area contributed by atoms with Gasteiger partial charge >= 0.3 is 0 Å². The molecule has 0 saturated carbocycles. The number of benzene rings is 1. The van der Waals surface area contributed by atoms with Crippen molar-refractivity contribution in [2.24, 2.45) is 0 Å². The molecule has 1 aromatic carbocycles. The van der Waals surface area contributed by atoms with Crippen molar-refractivity contribution >= 4 is 11.8 Å². The first-order chi connectivity index (χ1) is 8.46. The molecule has 0 amide bonds. The van der Waals surface area contributed by atoms with E-state index in [1.54, 1.807) is 6.07 Å². The summed E-state index contributed by atoms with van der Waals surface area (Å²) in [6, 6.07) is 6.20. The zero-order valence-corrected chi connectivity index (χ0v) is 12.4. The van der Waals surface area contributed by atoms with Crippen molar-refractivity contribution in [3.8, 4) is 5.75 Å². The van der Waals surface area contributed by atoms with Crippen LogP contribution in [-0.2, 0) is 11.8 Å². The number of quaternary nitrogens is 1. The van der Waals surface area contributed by atoms with Gasteiger partial charge in [0, 0.05) is 5.41 Å². The molecule has 0 aromatic heterocycles. The summed E-state index contributed by atoms with van der Waals surface area (Å²) in [6.45, 7) is 6.73. The molecule has 0 radical (unpaired) electrons. The lowest BCUT2D eigenvalue weighted by atomic mass is 9.69. The van der Waals surface area contributed by atoms with E-state index in [2.05, 4.69) is 44.3 Å². The van der Waals surface area contributed by atoms with Gasteiger partial charge < -0.3 is 10.8 Å². The Labute approximate surface area is 114 Å². The van der Waals surface area contributed by atoms with E-state index in [0.717, 1.165) is 6.42 Å². The molecule has 0 heterocycles. The second-order valence-corrected chi connectivity index (χ2v) is 7.13. The molecule has 100 valence electrons. The predicted molar refractivity (Wildman–Crippen MR) is 78.0 cm³/mol. The van der Waals surface area contributed by atoms with Crippen molar-refractivity contribution < 1.29 is 10.8 Å². The van der Waals surface area contributed by atoms with Gasteiger partial charge in [0.1, 0.15) is 11.8 Å². The van der Waals surface area contributed by atoms with Crippen LogP contribution in [0, 0.1) is 0 Å². The van der Waals surface area contributed by atoms with Crippen LogP contribution in [0.3, 0.4) is 0 Å². The summed E-state index contributed by atoms with van der Waals surface area (Å²) in [7, 11) is 0. The summed E-state index contributed by atoms with van der Waals surface area (Å²) in [5, 5.41) is 10.3. The maximum atomic E-state index is 9.69. The Hall–Kier alpha value is -0.670. The Balaban J connectivity index is 2.34. The van der Waals surface area contributed by atoms with Gasteiger partial charge in [-0.25, -0.2) is 0 Å². The van der Waals surface area contributed by atoms with E-state index in [0.29, 0.717) is 17.0 Å². The molecule has 2 nitrogen and oxygen atoms in total. The number of fused-ring (bicyclic) bond motifs is 1. The first-order valence-electron chi connectivity index (χ1n) is 6.74. The Bertz CT molecular complexity index is 431. The molecule has 4 N–H and O–H groups in total. The topological polar surface area (TPSA) is 47.9 Å². The highest BCUT2D eigenvalue weighted by Gasteiger charge is 2.43. The third-order valence-corrected chi connectivity index (χ3v) is 5.69. The third-order valence-electron chi connectivity index (χ3n) is 4.12. The highest BCUT2D eigenvalue weighted by atomic mass is 32.2. The number of hydrogen-bond donors (Lipinski definition) is 2. The first-order valence-corrected chi connectivity index (χ1v) is 7.78. The second kappa shape index (κ2) is 5.14. The minimum absolute atomic E-state index is 0.0394. The zero-order chi connectivity index (χ0) is 13.3. The Morgan fingerprint density at radius 1 is 1.44 bits per heavy atom. The van der Waals surface area contributed by atoms with Gasteiger partial charge in [0.05, 0.1) is 5.25 Å². The van der Waals surface area contributed by atoms with Gasteiger partial charge in [-0.15, -0.1) is 0 Å². The monoisotopic (exact) mass is 266 g/mol. The van der Waals surface area contributed by atoms with Gasteiger partial charge in [-0.05, 0) is 41.9 Å². The van der Waals surface area contributed by atoms with Crippen LogP contribution in [-0.4, -0.2) is 22.2 Å². The van der Waals surface area contributed by atoms with Crippen LogP contribution in [0.15, 0.2) is 18.2 Å². The summed E-state index contributed by atoms with van der Waals surface area (Å²) < 4.78 is 0. The predicted octanol–water partition coefficient (Wildman–Crippen LogP) is 2.35. The van der Waals surface area contributed by atoms with E-state index < -0.39 is 0 Å². The van der Waals surface area contributed by atoms with Crippen molar-refractivity contribution in [1.29, 1.82) is 0 Å². The number of phenols is 1. The summed E-state index contributed by atoms with van der Waals surface area (Å²) in [6.07, 6.45) is 2.30. The van der Waals surface area contributed by atoms with Gasteiger partial charge in [-0.1, -0.05) is 26.8 Å². The lowest BCUT2D eigenvalue weighted by molar-refractivity contribution is -0.435. The number of hydrogen-bond acceptors (Lipinski definition) is 2. The molecule has 18 heavy (non-hydrogen) atoms. The smallest absolute Gasteiger partial charge is 0.115 e. The maximum absolute atomic E-state index is 9.69. The van der Waals surface area contributed by atoms with Crippen LogP contribution in [0.1, 0.15) is 38.3 Å². The molecule has 1 aliphatic carbocycles. The normalized spacial score (nSPS) is 25.8. The zero-order valence-electron chi connectivity index (χ0n) is 11.6. The van der Waals surface area contributed by atoms with Crippen LogP contribution in [0.4, 0.5) is 0 Å².